The van der Waals surface area contributed by atoms with Gasteiger partial charge in [-0.1, -0.05) is 18.2 Å². The van der Waals surface area contributed by atoms with Crippen LogP contribution in [0.1, 0.15) is 30.0 Å². The van der Waals surface area contributed by atoms with Gasteiger partial charge in [-0.15, -0.1) is 0 Å². The summed E-state index contributed by atoms with van der Waals surface area (Å²) in [5.41, 5.74) is 1.40. The second-order valence-corrected chi connectivity index (χ2v) is 5.57. The molecule has 1 aliphatic heterocycles. The van der Waals surface area contributed by atoms with Crippen LogP contribution in [0.2, 0.25) is 0 Å². The van der Waals surface area contributed by atoms with Crippen molar-refractivity contribution in [1.29, 1.82) is 0 Å². The topological polar surface area (TPSA) is 24.9 Å². The number of piperidine rings is 1. The number of rotatable bonds is 2. The van der Waals surface area contributed by atoms with Gasteiger partial charge in [-0.05, 0) is 43.7 Å². The fourth-order valence-electron chi connectivity index (χ4n) is 2.80. The van der Waals surface area contributed by atoms with E-state index in [9.17, 15) is 13.2 Å². The summed E-state index contributed by atoms with van der Waals surface area (Å²) in [6.45, 7) is 1.89. The van der Waals surface area contributed by atoms with Gasteiger partial charge in [0, 0.05) is 23.7 Å². The van der Waals surface area contributed by atoms with Crippen LogP contribution >= 0.6 is 0 Å². The Morgan fingerprint density at radius 2 is 1.91 bits per heavy atom. The molecule has 2 nitrogen and oxygen atoms in total. The maximum atomic E-state index is 12.8. The second-order valence-electron chi connectivity index (χ2n) is 5.57. The summed E-state index contributed by atoms with van der Waals surface area (Å²) in [5, 5.41) is 3.33. The van der Waals surface area contributed by atoms with Crippen molar-refractivity contribution < 1.29 is 13.2 Å². The van der Waals surface area contributed by atoms with Gasteiger partial charge in [-0.25, -0.2) is 0 Å². The van der Waals surface area contributed by atoms with Crippen molar-refractivity contribution in [3.05, 3.63) is 53.7 Å². The Morgan fingerprint density at radius 3 is 2.64 bits per heavy atom. The fourth-order valence-corrected chi connectivity index (χ4v) is 2.80. The highest BCUT2D eigenvalue weighted by Crippen LogP contribution is 2.32. The van der Waals surface area contributed by atoms with Gasteiger partial charge in [0.2, 0.25) is 0 Å². The minimum Gasteiger partial charge on any atom is -0.316 e. The lowest BCUT2D eigenvalue weighted by atomic mass is 9.95. The zero-order valence-electron chi connectivity index (χ0n) is 12.0. The van der Waals surface area contributed by atoms with Gasteiger partial charge in [0.25, 0.3) is 0 Å². The van der Waals surface area contributed by atoms with E-state index >= 15 is 0 Å². The predicted molar refractivity (Wildman–Crippen MR) is 79.5 cm³/mol. The Morgan fingerprint density at radius 1 is 1.09 bits per heavy atom. The molecule has 0 spiro atoms. The lowest BCUT2D eigenvalue weighted by molar-refractivity contribution is -0.137. The predicted octanol–water partition coefficient (Wildman–Crippen LogP) is 4.23. The summed E-state index contributed by atoms with van der Waals surface area (Å²) in [6, 6.07) is 10.9. The van der Waals surface area contributed by atoms with Crippen LogP contribution in [-0.2, 0) is 6.18 Å². The second kappa shape index (κ2) is 6.08. The van der Waals surface area contributed by atoms with E-state index in [1.165, 1.54) is 6.07 Å². The van der Waals surface area contributed by atoms with Crippen LogP contribution in [0.3, 0.4) is 0 Å². The van der Waals surface area contributed by atoms with Crippen molar-refractivity contribution in [3.8, 4) is 11.3 Å². The van der Waals surface area contributed by atoms with Crippen LogP contribution in [0, 0.1) is 0 Å². The zero-order valence-corrected chi connectivity index (χ0v) is 12.0. The molecule has 1 aliphatic rings. The van der Waals surface area contributed by atoms with Gasteiger partial charge < -0.3 is 5.32 Å². The van der Waals surface area contributed by atoms with Crippen molar-refractivity contribution >= 4 is 0 Å². The van der Waals surface area contributed by atoms with Crippen molar-refractivity contribution in [2.24, 2.45) is 0 Å². The van der Waals surface area contributed by atoms with Crippen LogP contribution < -0.4 is 5.32 Å². The normalized spacial score (nSPS) is 19.1. The summed E-state index contributed by atoms with van der Waals surface area (Å²) in [6.07, 6.45) is -2.17. The standard InChI is InChI=1S/C17H17F3N2/c18-17(19,20)14-6-1-4-12(10-14)15-7-2-8-16(22-15)13-5-3-9-21-11-13/h1-2,4,6-8,10,13,21H,3,5,9,11H2/t13-/m0/s1. The average molecular weight is 306 g/mol. The molecule has 2 heterocycles. The molecule has 1 aromatic heterocycles. The van der Waals surface area contributed by atoms with Crippen molar-refractivity contribution in [1.82, 2.24) is 10.3 Å². The molecule has 1 atom stereocenters. The van der Waals surface area contributed by atoms with E-state index in [1.807, 2.05) is 12.1 Å². The highest BCUT2D eigenvalue weighted by atomic mass is 19.4. The van der Waals surface area contributed by atoms with Crippen LogP contribution in [-0.4, -0.2) is 18.1 Å². The van der Waals surface area contributed by atoms with Gasteiger partial charge >= 0.3 is 6.18 Å². The van der Waals surface area contributed by atoms with E-state index in [0.29, 0.717) is 17.2 Å². The minimum absolute atomic E-state index is 0.333. The van der Waals surface area contributed by atoms with Crippen LogP contribution in [0.15, 0.2) is 42.5 Å². The molecule has 0 bridgehead atoms. The van der Waals surface area contributed by atoms with E-state index in [0.717, 1.165) is 43.8 Å². The summed E-state index contributed by atoms with van der Waals surface area (Å²) >= 11 is 0. The number of aromatic nitrogens is 1. The molecule has 0 aliphatic carbocycles. The molecule has 0 radical (unpaired) electrons. The van der Waals surface area contributed by atoms with E-state index < -0.39 is 11.7 Å². The molecule has 0 unspecified atom stereocenters. The van der Waals surface area contributed by atoms with Gasteiger partial charge in [-0.3, -0.25) is 4.98 Å². The lowest BCUT2D eigenvalue weighted by Gasteiger charge is -2.22. The maximum absolute atomic E-state index is 12.8. The highest BCUT2D eigenvalue weighted by Gasteiger charge is 2.30. The summed E-state index contributed by atoms with van der Waals surface area (Å²) < 4.78 is 38.5. The molecule has 0 saturated carbocycles. The number of nitrogens with zero attached hydrogens (tertiary/aromatic N) is 1. The fraction of sp³-hybridized carbons (Fsp3) is 0.353. The number of hydrogen-bond acceptors (Lipinski definition) is 2. The number of nitrogens with one attached hydrogen (secondary N) is 1. The minimum atomic E-state index is -4.33. The molecule has 2 aromatic rings. The molecule has 1 N–H and O–H groups in total. The molecule has 1 aromatic carbocycles. The Hall–Kier alpha value is -1.88. The number of benzene rings is 1. The third-order valence-electron chi connectivity index (χ3n) is 3.97. The summed E-state index contributed by atoms with van der Waals surface area (Å²) in [4.78, 5) is 4.58. The monoisotopic (exact) mass is 306 g/mol. The Balaban J connectivity index is 1.92. The van der Waals surface area contributed by atoms with E-state index in [1.54, 1.807) is 12.1 Å². The molecule has 3 rings (SSSR count). The average Bonchev–Trinajstić information content (AvgIpc) is 2.55. The molecule has 5 heteroatoms. The third kappa shape index (κ3) is 3.30. The molecule has 22 heavy (non-hydrogen) atoms. The molecule has 0 amide bonds. The quantitative estimate of drug-likeness (QED) is 0.898. The van der Waals surface area contributed by atoms with E-state index in [2.05, 4.69) is 10.3 Å². The lowest BCUT2D eigenvalue weighted by Crippen LogP contribution is -2.28. The number of pyridine rings is 1. The largest absolute Gasteiger partial charge is 0.416 e. The van der Waals surface area contributed by atoms with Gasteiger partial charge in [0.1, 0.15) is 0 Å². The molecule has 1 fully saturated rings. The van der Waals surface area contributed by atoms with Gasteiger partial charge in [-0.2, -0.15) is 13.2 Å². The Kier molecular flexibility index (Phi) is 4.16. The van der Waals surface area contributed by atoms with Crippen molar-refractivity contribution in [2.75, 3.05) is 13.1 Å². The Bertz CT molecular complexity index is 646. The highest BCUT2D eigenvalue weighted by molar-refractivity contribution is 5.60. The molecule has 1 saturated heterocycles. The number of hydrogen-bond donors (Lipinski definition) is 1. The SMILES string of the molecule is FC(F)(F)c1cccc(-c2cccc([C@H]3CCCNC3)n2)c1. The van der Waals surface area contributed by atoms with Crippen LogP contribution in [0.4, 0.5) is 13.2 Å². The zero-order chi connectivity index (χ0) is 15.6. The van der Waals surface area contributed by atoms with Crippen LogP contribution in [0.25, 0.3) is 11.3 Å². The van der Waals surface area contributed by atoms with Gasteiger partial charge in [0.05, 0.1) is 11.3 Å². The molecular weight excluding hydrogens is 289 g/mol. The van der Waals surface area contributed by atoms with Crippen molar-refractivity contribution in [2.45, 2.75) is 24.9 Å². The third-order valence-corrected chi connectivity index (χ3v) is 3.97. The van der Waals surface area contributed by atoms with Crippen molar-refractivity contribution in [3.63, 3.8) is 0 Å². The summed E-state index contributed by atoms with van der Waals surface area (Å²) in [5.74, 6) is 0.333. The van der Waals surface area contributed by atoms with E-state index in [4.69, 9.17) is 0 Å². The summed E-state index contributed by atoms with van der Waals surface area (Å²) in [7, 11) is 0. The van der Waals surface area contributed by atoms with Gasteiger partial charge in [0.15, 0.2) is 0 Å². The van der Waals surface area contributed by atoms with E-state index in [-0.39, 0.29) is 0 Å². The first-order valence-corrected chi connectivity index (χ1v) is 7.39. The number of halogens is 3. The first-order valence-electron chi connectivity index (χ1n) is 7.39. The number of alkyl halides is 3. The maximum Gasteiger partial charge on any atom is 0.416 e. The Labute approximate surface area is 127 Å². The smallest absolute Gasteiger partial charge is 0.316 e. The first-order chi connectivity index (χ1) is 10.5. The molecular formula is C17H17F3N2. The molecule has 116 valence electrons. The first kappa shape index (κ1) is 15.0. The van der Waals surface area contributed by atoms with Crippen LogP contribution in [0.5, 0.6) is 0 Å².